The van der Waals surface area contributed by atoms with Crippen molar-refractivity contribution in [1.82, 2.24) is 4.98 Å². The fourth-order valence-corrected chi connectivity index (χ4v) is 1.43. The molecule has 4 heteroatoms. The van der Waals surface area contributed by atoms with Gasteiger partial charge in [0.25, 0.3) is 0 Å². The Labute approximate surface area is 112 Å². The molecule has 0 aliphatic rings. The first-order valence-electron chi connectivity index (χ1n) is 5.75. The lowest BCUT2D eigenvalue weighted by Crippen LogP contribution is -1.98. The van der Waals surface area contributed by atoms with Gasteiger partial charge in [-0.2, -0.15) is 5.10 Å². The van der Waals surface area contributed by atoms with Crippen LogP contribution in [0.25, 0.3) is 0 Å². The number of pyridine rings is 1. The molecular weight excluding hydrogens is 238 g/mol. The summed E-state index contributed by atoms with van der Waals surface area (Å²) in [6.07, 6.45) is 8.54. The number of hydrogen-bond acceptors (Lipinski definition) is 4. The monoisotopic (exact) mass is 251 g/mol. The first kappa shape index (κ1) is 12.7. The van der Waals surface area contributed by atoms with Gasteiger partial charge >= 0.3 is 0 Å². The molecule has 0 saturated heterocycles. The molecular formula is C15H13N3O. The smallest absolute Gasteiger partial charge is 0.148 e. The summed E-state index contributed by atoms with van der Waals surface area (Å²) in [5.74, 6) is 3.82. The van der Waals surface area contributed by atoms with E-state index in [9.17, 15) is 0 Å². The van der Waals surface area contributed by atoms with Crippen LogP contribution in [0.4, 0.5) is 5.82 Å². The normalized spacial score (nSPS) is 10.1. The van der Waals surface area contributed by atoms with Crippen LogP contribution < -0.4 is 10.2 Å². The van der Waals surface area contributed by atoms with E-state index in [0.29, 0.717) is 11.6 Å². The van der Waals surface area contributed by atoms with Crippen molar-refractivity contribution in [3.8, 4) is 18.1 Å². The Morgan fingerprint density at radius 3 is 2.89 bits per heavy atom. The zero-order chi connectivity index (χ0) is 13.3. The Morgan fingerprint density at radius 1 is 1.26 bits per heavy atom. The lowest BCUT2D eigenvalue weighted by molar-refractivity contribution is 0.370. The van der Waals surface area contributed by atoms with Gasteiger partial charge in [0.2, 0.25) is 0 Å². The number of rotatable bonds is 5. The van der Waals surface area contributed by atoms with Gasteiger partial charge in [0.15, 0.2) is 0 Å². The number of hydrogen-bond donors (Lipinski definition) is 1. The Kier molecular flexibility index (Phi) is 4.54. The Morgan fingerprint density at radius 2 is 2.11 bits per heavy atom. The van der Waals surface area contributed by atoms with Gasteiger partial charge in [-0.15, -0.1) is 6.42 Å². The molecule has 0 saturated carbocycles. The maximum atomic E-state index is 5.42. The van der Waals surface area contributed by atoms with E-state index >= 15 is 0 Å². The molecule has 1 heterocycles. The van der Waals surface area contributed by atoms with Crippen molar-refractivity contribution in [3.05, 3.63) is 54.2 Å². The van der Waals surface area contributed by atoms with Crippen molar-refractivity contribution in [2.75, 3.05) is 12.0 Å². The number of terminal acetylenes is 1. The average molecular weight is 251 g/mol. The van der Waals surface area contributed by atoms with E-state index in [2.05, 4.69) is 21.4 Å². The van der Waals surface area contributed by atoms with Gasteiger partial charge in [0.1, 0.15) is 18.2 Å². The van der Waals surface area contributed by atoms with Crippen molar-refractivity contribution in [2.45, 2.75) is 0 Å². The summed E-state index contributed by atoms with van der Waals surface area (Å²) in [5.41, 5.74) is 3.69. The van der Waals surface area contributed by atoms with Crippen molar-refractivity contribution >= 4 is 12.0 Å². The van der Waals surface area contributed by atoms with Gasteiger partial charge in [0, 0.05) is 11.8 Å². The minimum Gasteiger partial charge on any atom is -0.480 e. The van der Waals surface area contributed by atoms with Crippen LogP contribution in [0, 0.1) is 12.3 Å². The van der Waals surface area contributed by atoms with Crippen LogP contribution in [-0.4, -0.2) is 17.8 Å². The predicted molar refractivity (Wildman–Crippen MR) is 76.2 cm³/mol. The van der Waals surface area contributed by atoms with Crippen LogP contribution in [-0.2, 0) is 0 Å². The number of aromatic nitrogens is 1. The molecule has 0 fully saturated rings. The number of nitrogens with one attached hydrogen (secondary N) is 1. The van der Waals surface area contributed by atoms with Crippen LogP contribution in [0.15, 0.2) is 53.8 Å². The Balaban J connectivity index is 2.04. The topological polar surface area (TPSA) is 46.5 Å². The van der Waals surface area contributed by atoms with Crippen LogP contribution in [0.1, 0.15) is 5.56 Å². The number of benzene rings is 1. The van der Waals surface area contributed by atoms with E-state index in [1.807, 2.05) is 42.5 Å². The molecule has 0 bridgehead atoms. The lowest BCUT2D eigenvalue weighted by atomic mass is 10.2. The molecule has 19 heavy (non-hydrogen) atoms. The second-order valence-corrected chi connectivity index (χ2v) is 3.62. The van der Waals surface area contributed by atoms with Gasteiger partial charge in [-0.25, -0.2) is 4.98 Å². The van der Waals surface area contributed by atoms with Crippen molar-refractivity contribution < 1.29 is 4.74 Å². The van der Waals surface area contributed by atoms with Gasteiger partial charge in [-0.1, -0.05) is 24.1 Å². The van der Waals surface area contributed by atoms with E-state index in [-0.39, 0.29) is 6.61 Å². The maximum Gasteiger partial charge on any atom is 0.148 e. The number of nitrogens with zero attached hydrogens (tertiary/aromatic N) is 2. The van der Waals surface area contributed by atoms with E-state index in [1.165, 1.54) is 0 Å². The molecule has 2 rings (SSSR count). The van der Waals surface area contributed by atoms with Crippen molar-refractivity contribution in [2.24, 2.45) is 5.10 Å². The van der Waals surface area contributed by atoms with Crippen molar-refractivity contribution in [1.29, 1.82) is 0 Å². The molecule has 4 nitrogen and oxygen atoms in total. The van der Waals surface area contributed by atoms with E-state index in [1.54, 1.807) is 12.4 Å². The molecule has 1 aromatic heterocycles. The molecule has 0 aliphatic carbocycles. The fourth-order valence-electron chi connectivity index (χ4n) is 1.43. The zero-order valence-corrected chi connectivity index (χ0v) is 10.3. The Bertz CT molecular complexity index is 588. The summed E-state index contributed by atoms with van der Waals surface area (Å²) in [7, 11) is 0. The predicted octanol–water partition coefficient (Wildman–Crippen LogP) is 2.54. The van der Waals surface area contributed by atoms with E-state index < -0.39 is 0 Å². The maximum absolute atomic E-state index is 5.42. The van der Waals surface area contributed by atoms with E-state index in [4.69, 9.17) is 11.2 Å². The minimum absolute atomic E-state index is 0.235. The number of hydrazone groups is 1. The van der Waals surface area contributed by atoms with Crippen LogP contribution in [0.5, 0.6) is 5.75 Å². The molecule has 94 valence electrons. The Hall–Kier alpha value is -2.80. The molecule has 0 aliphatic heterocycles. The molecule has 1 aromatic carbocycles. The fraction of sp³-hybridized carbons (Fsp3) is 0.0667. The second kappa shape index (κ2) is 6.82. The highest BCUT2D eigenvalue weighted by Gasteiger charge is 1.99. The molecule has 0 atom stereocenters. The highest BCUT2D eigenvalue weighted by atomic mass is 16.5. The van der Waals surface area contributed by atoms with Crippen LogP contribution in [0.2, 0.25) is 0 Å². The zero-order valence-electron chi connectivity index (χ0n) is 10.3. The standard InChI is InChI=1S/C15H13N3O/c1-2-11-19-14-8-4-3-7-13(14)12-17-18-15-9-5-6-10-16-15/h1,3-10,12H,11H2,(H,16,18)/b17-12+. The highest BCUT2D eigenvalue weighted by Crippen LogP contribution is 2.15. The molecule has 0 unspecified atom stereocenters. The third kappa shape index (κ3) is 3.86. The van der Waals surface area contributed by atoms with Gasteiger partial charge in [-0.3, -0.25) is 5.43 Å². The average Bonchev–Trinajstić information content (AvgIpc) is 2.47. The summed E-state index contributed by atoms with van der Waals surface area (Å²) >= 11 is 0. The summed E-state index contributed by atoms with van der Waals surface area (Å²) in [5, 5.41) is 4.11. The number of anilines is 1. The summed E-state index contributed by atoms with van der Waals surface area (Å²) in [6, 6.07) is 13.1. The molecule has 0 amide bonds. The quantitative estimate of drug-likeness (QED) is 0.504. The second-order valence-electron chi connectivity index (χ2n) is 3.62. The third-order valence-corrected chi connectivity index (χ3v) is 2.28. The molecule has 1 N–H and O–H groups in total. The third-order valence-electron chi connectivity index (χ3n) is 2.28. The van der Waals surface area contributed by atoms with Crippen LogP contribution >= 0.6 is 0 Å². The molecule has 0 radical (unpaired) electrons. The van der Waals surface area contributed by atoms with Crippen LogP contribution in [0.3, 0.4) is 0 Å². The first-order chi connectivity index (χ1) is 9.40. The van der Waals surface area contributed by atoms with Gasteiger partial charge in [0.05, 0.1) is 6.21 Å². The summed E-state index contributed by atoms with van der Waals surface area (Å²) in [4.78, 5) is 4.10. The largest absolute Gasteiger partial charge is 0.480 e. The molecule has 2 aromatic rings. The minimum atomic E-state index is 0.235. The first-order valence-corrected chi connectivity index (χ1v) is 5.75. The lowest BCUT2D eigenvalue weighted by Gasteiger charge is -2.05. The van der Waals surface area contributed by atoms with Gasteiger partial charge < -0.3 is 4.74 Å². The number of para-hydroxylation sites is 1. The summed E-state index contributed by atoms with van der Waals surface area (Å²) < 4.78 is 5.42. The number of ether oxygens (including phenoxy) is 1. The highest BCUT2D eigenvalue weighted by molar-refractivity contribution is 5.83. The van der Waals surface area contributed by atoms with Crippen molar-refractivity contribution in [3.63, 3.8) is 0 Å². The summed E-state index contributed by atoms with van der Waals surface area (Å²) in [6.45, 7) is 0.235. The van der Waals surface area contributed by atoms with Gasteiger partial charge in [-0.05, 0) is 24.3 Å². The SMILES string of the molecule is C#CCOc1ccccc1/C=N/Nc1ccccn1. The molecule has 0 spiro atoms. The van der Waals surface area contributed by atoms with E-state index in [0.717, 1.165) is 5.56 Å².